The molecule has 0 saturated carbocycles. The summed E-state index contributed by atoms with van der Waals surface area (Å²) in [5, 5.41) is 8.97. The standard InChI is InChI=1S/C11H14N2O3/c1-8(10(12)14)13(11(15)16)7-9-5-3-2-4-6-9/h2-6,8H,7H2,1H3,(H2,12,14)(H,15,16)/t8-/m1/s1. The summed E-state index contributed by atoms with van der Waals surface area (Å²) < 4.78 is 0. The Balaban J connectivity index is 2.81. The maximum absolute atomic E-state index is 11.0. The zero-order chi connectivity index (χ0) is 12.1. The number of nitrogens with two attached hydrogens (primary N) is 1. The summed E-state index contributed by atoms with van der Waals surface area (Å²) in [7, 11) is 0. The molecule has 1 rings (SSSR count). The normalized spacial score (nSPS) is 11.8. The van der Waals surface area contributed by atoms with Gasteiger partial charge in [0, 0.05) is 6.54 Å². The summed E-state index contributed by atoms with van der Waals surface area (Å²) in [5.41, 5.74) is 5.90. The molecule has 0 radical (unpaired) electrons. The molecular formula is C11H14N2O3. The Bertz CT molecular complexity index is 378. The van der Waals surface area contributed by atoms with E-state index in [2.05, 4.69) is 0 Å². The summed E-state index contributed by atoms with van der Waals surface area (Å²) >= 11 is 0. The van der Waals surface area contributed by atoms with Crippen molar-refractivity contribution in [3.63, 3.8) is 0 Å². The number of nitrogens with zero attached hydrogens (tertiary/aromatic N) is 1. The van der Waals surface area contributed by atoms with Gasteiger partial charge in [-0.15, -0.1) is 0 Å². The fourth-order valence-corrected chi connectivity index (χ4v) is 1.30. The Labute approximate surface area is 93.5 Å². The zero-order valence-electron chi connectivity index (χ0n) is 8.96. The number of carbonyl (C=O) groups excluding carboxylic acids is 1. The van der Waals surface area contributed by atoms with Crippen LogP contribution in [-0.4, -0.2) is 28.0 Å². The first-order valence-electron chi connectivity index (χ1n) is 4.85. The minimum absolute atomic E-state index is 0.153. The lowest BCUT2D eigenvalue weighted by atomic mass is 10.2. The molecule has 3 N–H and O–H groups in total. The fraction of sp³-hybridized carbons (Fsp3) is 0.273. The molecular weight excluding hydrogens is 208 g/mol. The van der Waals surface area contributed by atoms with E-state index in [4.69, 9.17) is 10.8 Å². The van der Waals surface area contributed by atoms with E-state index < -0.39 is 18.0 Å². The largest absolute Gasteiger partial charge is 0.465 e. The molecule has 0 aliphatic carbocycles. The summed E-state index contributed by atoms with van der Waals surface area (Å²) in [6, 6.07) is 8.21. The molecule has 1 atom stereocenters. The summed E-state index contributed by atoms with van der Waals surface area (Å²) in [6.07, 6.45) is -1.16. The molecule has 0 aliphatic heterocycles. The molecule has 0 spiro atoms. The van der Waals surface area contributed by atoms with E-state index in [9.17, 15) is 9.59 Å². The highest BCUT2D eigenvalue weighted by atomic mass is 16.4. The van der Waals surface area contributed by atoms with Gasteiger partial charge in [-0.2, -0.15) is 0 Å². The van der Waals surface area contributed by atoms with Crippen molar-refractivity contribution < 1.29 is 14.7 Å². The number of primary amides is 1. The van der Waals surface area contributed by atoms with E-state index in [0.29, 0.717) is 0 Å². The van der Waals surface area contributed by atoms with Crippen molar-refractivity contribution >= 4 is 12.0 Å². The number of hydrogen-bond donors (Lipinski definition) is 2. The third kappa shape index (κ3) is 2.98. The Kier molecular flexibility index (Phi) is 3.88. The molecule has 86 valence electrons. The van der Waals surface area contributed by atoms with Gasteiger partial charge in [0.05, 0.1) is 0 Å². The topological polar surface area (TPSA) is 83.6 Å². The Morgan fingerprint density at radius 3 is 2.38 bits per heavy atom. The molecule has 0 heterocycles. The highest BCUT2D eigenvalue weighted by Crippen LogP contribution is 2.08. The van der Waals surface area contributed by atoms with Gasteiger partial charge in [0.15, 0.2) is 0 Å². The van der Waals surface area contributed by atoms with Crippen LogP contribution < -0.4 is 5.73 Å². The third-order valence-electron chi connectivity index (χ3n) is 2.32. The minimum atomic E-state index is -1.16. The number of benzene rings is 1. The van der Waals surface area contributed by atoms with Gasteiger partial charge in [0.25, 0.3) is 0 Å². The van der Waals surface area contributed by atoms with Crippen LogP contribution in [0.25, 0.3) is 0 Å². The SMILES string of the molecule is C[C@H](C(N)=O)N(Cc1ccccc1)C(=O)O. The average Bonchev–Trinajstić information content (AvgIpc) is 2.26. The van der Waals surface area contributed by atoms with Crippen molar-refractivity contribution in [1.29, 1.82) is 0 Å². The van der Waals surface area contributed by atoms with Crippen LogP contribution >= 0.6 is 0 Å². The second-order valence-electron chi connectivity index (χ2n) is 3.47. The van der Waals surface area contributed by atoms with Crippen molar-refractivity contribution in [3.05, 3.63) is 35.9 Å². The lowest BCUT2D eigenvalue weighted by Gasteiger charge is -2.23. The molecule has 1 aromatic rings. The summed E-state index contributed by atoms with van der Waals surface area (Å²) in [4.78, 5) is 22.9. The molecule has 0 aromatic heterocycles. The molecule has 5 heteroatoms. The van der Waals surface area contributed by atoms with Crippen LogP contribution in [0.2, 0.25) is 0 Å². The zero-order valence-corrected chi connectivity index (χ0v) is 8.96. The van der Waals surface area contributed by atoms with Crippen LogP contribution in [0.15, 0.2) is 30.3 Å². The molecule has 0 bridgehead atoms. The van der Waals surface area contributed by atoms with Gasteiger partial charge in [-0.1, -0.05) is 30.3 Å². The minimum Gasteiger partial charge on any atom is -0.465 e. The summed E-state index contributed by atoms with van der Waals surface area (Å²) in [6.45, 7) is 1.62. The van der Waals surface area contributed by atoms with Gasteiger partial charge < -0.3 is 10.8 Å². The van der Waals surface area contributed by atoms with Crippen molar-refractivity contribution in [1.82, 2.24) is 4.90 Å². The predicted molar refractivity (Wildman–Crippen MR) is 58.7 cm³/mol. The highest BCUT2D eigenvalue weighted by molar-refractivity contribution is 5.83. The van der Waals surface area contributed by atoms with Crippen LogP contribution in [0.5, 0.6) is 0 Å². The lowest BCUT2D eigenvalue weighted by Crippen LogP contribution is -2.45. The van der Waals surface area contributed by atoms with Crippen molar-refractivity contribution in [2.24, 2.45) is 5.73 Å². The van der Waals surface area contributed by atoms with Gasteiger partial charge in [-0.25, -0.2) is 4.79 Å². The predicted octanol–water partition coefficient (Wildman–Crippen LogP) is 1.04. The number of carboxylic acid groups (broad SMARTS) is 1. The first kappa shape index (κ1) is 12.0. The van der Waals surface area contributed by atoms with E-state index in [0.717, 1.165) is 10.5 Å². The number of amides is 2. The first-order chi connectivity index (χ1) is 7.52. The van der Waals surface area contributed by atoms with Crippen LogP contribution in [0.3, 0.4) is 0 Å². The van der Waals surface area contributed by atoms with E-state index >= 15 is 0 Å². The molecule has 2 amide bonds. The molecule has 0 unspecified atom stereocenters. The van der Waals surface area contributed by atoms with Gasteiger partial charge in [0.2, 0.25) is 5.91 Å². The molecule has 0 aliphatic rings. The summed E-state index contributed by atoms with van der Waals surface area (Å²) in [5.74, 6) is -0.654. The Hall–Kier alpha value is -2.04. The van der Waals surface area contributed by atoms with Crippen molar-refractivity contribution in [3.8, 4) is 0 Å². The lowest BCUT2D eigenvalue weighted by molar-refractivity contribution is -0.122. The molecule has 0 fully saturated rings. The van der Waals surface area contributed by atoms with Gasteiger partial charge in [-0.05, 0) is 12.5 Å². The molecule has 1 aromatic carbocycles. The van der Waals surface area contributed by atoms with Crippen molar-refractivity contribution in [2.45, 2.75) is 19.5 Å². The Morgan fingerprint density at radius 1 is 1.38 bits per heavy atom. The van der Waals surface area contributed by atoms with E-state index in [1.165, 1.54) is 6.92 Å². The first-order valence-corrected chi connectivity index (χ1v) is 4.85. The molecule has 0 saturated heterocycles. The number of rotatable bonds is 4. The monoisotopic (exact) mass is 222 g/mol. The highest BCUT2D eigenvalue weighted by Gasteiger charge is 2.23. The van der Waals surface area contributed by atoms with Crippen molar-refractivity contribution in [2.75, 3.05) is 0 Å². The Morgan fingerprint density at radius 2 is 1.94 bits per heavy atom. The smallest absolute Gasteiger partial charge is 0.408 e. The van der Waals surface area contributed by atoms with Gasteiger partial charge in [-0.3, -0.25) is 9.69 Å². The van der Waals surface area contributed by atoms with Crippen LogP contribution in [0, 0.1) is 0 Å². The second kappa shape index (κ2) is 5.16. The maximum atomic E-state index is 11.0. The van der Waals surface area contributed by atoms with Crippen LogP contribution in [-0.2, 0) is 11.3 Å². The quantitative estimate of drug-likeness (QED) is 0.798. The van der Waals surface area contributed by atoms with E-state index in [-0.39, 0.29) is 6.54 Å². The second-order valence-corrected chi connectivity index (χ2v) is 3.47. The maximum Gasteiger partial charge on any atom is 0.408 e. The fourth-order valence-electron chi connectivity index (χ4n) is 1.30. The molecule has 5 nitrogen and oxygen atoms in total. The van der Waals surface area contributed by atoms with Gasteiger partial charge >= 0.3 is 6.09 Å². The third-order valence-corrected chi connectivity index (χ3v) is 2.32. The molecule has 16 heavy (non-hydrogen) atoms. The van der Waals surface area contributed by atoms with Gasteiger partial charge in [0.1, 0.15) is 6.04 Å². The van der Waals surface area contributed by atoms with Crippen LogP contribution in [0.1, 0.15) is 12.5 Å². The van der Waals surface area contributed by atoms with Crippen LogP contribution in [0.4, 0.5) is 4.79 Å². The number of hydrogen-bond acceptors (Lipinski definition) is 2. The van der Waals surface area contributed by atoms with E-state index in [1.807, 2.05) is 18.2 Å². The number of carbonyl (C=O) groups is 2. The average molecular weight is 222 g/mol. The van der Waals surface area contributed by atoms with E-state index in [1.54, 1.807) is 12.1 Å².